The van der Waals surface area contributed by atoms with E-state index >= 15 is 0 Å². The van der Waals surface area contributed by atoms with Crippen molar-refractivity contribution in [3.8, 4) is 22.8 Å². The summed E-state index contributed by atoms with van der Waals surface area (Å²) in [7, 11) is 2.82. The van der Waals surface area contributed by atoms with Gasteiger partial charge >= 0.3 is 5.69 Å². The lowest BCUT2D eigenvalue weighted by Gasteiger charge is -2.14. The fourth-order valence-electron chi connectivity index (χ4n) is 3.92. The molecule has 9 nitrogen and oxygen atoms in total. The molecular formula is C22H22FN5O4S. The lowest BCUT2D eigenvalue weighted by atomic mass is 10.2. The smallest absolute Gasteiger partial charge is 0.360 e. The van der Waals surface area contributed by atoms with Crippen LogP contribution in [0.3, 0.4) is 0 Å². The number of hydrogen-bond donors (Lipinski definition) is 1. The fourth-order valence-corrected chi connectivity index (χ4v) is 5.11. The molecule has 1 unspecified atom stereocenters. The molecule has 1 aliphatic rings. The highest BCUT2D eigenvalue weighted by molar-refractivity contribution is 7.99. The van der Waals surface area contributed by atoms with E-state index in [-0.39, 0.29) is 12.4 Å². The van der Waals surface area contributed by atoms with Crippen molar-refractivity contribution in [1.82, 2.24) is 24.5 Å². The summed E-state index contributed by atoms with van der Waals surface area (Å²) in [6.45, 7) is -0.148. The minimum atomic E-state index is -0.550. The lowest BCUT2D eigenvalue weighted by molar-refractivity contribution is 0.0953. The largest absolute Gasteiger partial charge is 0.496 e. The highest BCUT2D eigenvalue weighted by Crippen LogP contribution is 2.32. The minimum absolute atomic E-state index is 0.000302. The number of pyridine rings is 1. The maximum absolute atomic E-state index is 14.1. The molecule has 11 heteroatoms. The Bertz CT molecular complexity index is 1360. The molecule has 3 aromatic heterocycles. The number of nitrogens with one attached hydrogen (secondary N) is 1. The molecule has 0 bridgehead atoms. The van der Waals surface area contributed by atoms with Gasteiger partial charge in [-0.1, -0.05) is 0 Å². The third kappa shape index (κ3) is 3.92. The summed E-state index contributed by atoms with van der Waals surface area (Å²) >= 11 is 1.93. The van der Waals surface area contributed by atoms with E-state index in [1.54, 1.807) is 12.3 Å². The van der Waals surface area contributed by atoms with Gasteiger partial charge in [-0.3, -0.25) is 9.67 Å². The maximum atomic E-state index is 14.1. The first-order chi connectivity index (χ1) is 16.1. The molecule has 1 fully saturated rings. The quantitative estimate of drug-likeness (QED) is 0.443. The Balaban J connectivity index is 1.43. The summed E-state index contributed by atoms with van der Waals surface area (Å²) in [5.41, 5.74) is 2.25. The van der Waals surface area contributed by atoms with Crippen molar-refractivity contribution in [2.75, 3.05) is 25.7 Å². The van der Waals surface area contributed by atoms with E-state index in [9.17, 15) is 9.18 Å². The lowest BCUT2D eigenvalue weighted by Crippen LogP contribution is -2.24. The molecule has 33 heavy (non-hydrogen) atoms. The van der Waals surface area contributed by atoms with Crippen LogP contribution in [-0.4, -0.2) is 50.2 Å². The number of fused-ring (bicyclic) bond motifs is 1. The molecule has 0 spiro atoms. The Morgan fingerprint density at radius 1 is 1.24 bits per heavy atom. The van der Waals surface area contributed by atoms with E-state index in [1.807, 2.05) is 28.7 Å². The number of hydrogen-bond acceptors (Lipinski definition) is 7. The summed E-state index contributed by atoms with van der Waals surface area (Å²) in [6.07, 6.45) is 4.87. The second kappa shape index (κ2) is 8.81. The van der Waals surface area contributed by atoms with Gasteiger partial charge in [-0.05, 0) is 36.4 Å². The van der Waals surface area contributed by atoms with Gasteiger partial charge in [-0.15, -0.1) is 4.73 Å². The number of ether oxygens (including phenoxy) is 2. The predicted molar refractivity (Wildman–Crippen MR) is 122 cm³/mol. The minimum Gasteiger partial charge on any atom is -0.496 e. The standard InChI is InChI=1S/C22H22FN5O4S/c1-30-19-6-3-16(23)20(31-2)15(19)11-32-28-18-5-4-17(25-21(18)26-22(28)29)13-9-24-27(10-13)14-7-8-33-12-14/h3-6,9-10,14H,7-8,11-12H2,1-2H3,(H,25,26,29). The van der Waals surface area contributed by atoms with Gasteiger partial charge in [0.05, 0.1) is 37.7 Å². The van der Waals surface area contributed by atoms with Crippen LogP contribution in [0.25, 0.3) is 22.4 Å². The Morgan fingerprint density at radius 2 is 2.12 bits per heavy atom. The Morgan fingerprint density at radius 3 is 2.88 bits per heavy atom. The zero-order valence-corrected chi connectivity index (χ0v) is 18.9. The number of H-pyrrole nitrogens is 1. The number of imidazole rings is 1. The van der Waals surface area contributed by atoms with Crippen molar-refractivity contribution >= 4 is 22.9 Å². The van der Waals surface area contributed by atoms with Crippen LogP contribution >= 0.6 is 11.8 Å². The first-order valence-electron chi connectivity index (χ1n) is 10.4. The van der Waals surface area contributed by atoms with Crippen LogP contribution in [0, 0.1) is 5.82 Å². The number of halogens is 1. The van der Waals surface area contributed by atoms with Crippen molar-refractivity contribution in [2.45, 2.75) is 19.1 Å². The van der Waals surface area contributed by atoms with Crippen molar-refractivity contribution in [3.05, 3.63) is 58.5 Å². The van der Waals surface area contributed by atoms with Gasteiger partial charge in [0.1, 0.15) is 17.9 Å². The number of aromatic nitrogens is 5. The zero-order valence-electron chi connectivity index (χ0n) is 18.1. The maximum Gasteiger partial charge on any atom is 0.360 e. The third-order valence-corrected chi connectivity index (χ3v) is 6.76. The SMILES string of the molecule is COc1ccc(F)c(OC)c1COn1c(=O)[nH]c2nc(-c3cnn(C4CCSC4)c3)ccc21. The van der Waals surface area contributed by atoms with Gasteiger partial charge in [0.2, 0.25) is 0 Å². The number of aromatic amines is 1. The first kappa shape index (κ1) is 21.4. The number of methoxy groups -OCH3 is 2. The van der Waals surface area contributed by atoms with Gasteiger partial charge in [-0.2, -0.15) is 16.9 Å². The highest BCUT2D eigenvalue weighted by Gasteiger charge is 2.20. The molecule has 0 radical (unpaired) electrons. The van der Waals surface area contributed by atoms with Gasteiger partial charge in [0, 0.05) is 17.5 Å². The summed E-state index contributed by atoms with van der Waals surface area (Å²) in [4.78, 5) is 25.6. The zero-order chi connectivity index (χ0) is 22.9. The normalized spacial score (nSPS) is 15.8. The van der Waals surface area contributed by atoms with E-state index in [2.05, 4.69) is 15.1 Å². The molecule has 172 valence electrons. The van der Waals surface area contributed by atoms with Crippen LogP contribution in [0.1, 0.15) is 18.0 Å². The molecule has 1 atom stereocenters. The molecule has 1 saturated heterocycles. The highest BCUT2D eigenvalue weighted by atomic mass is 32.2. The molecular weight excluding hydrogens is 449 g/mol. The topological polar surface area (TPSA) is 96.2 Å². The summed E-state index contributed by atoms with van der Waals surface area (Å²) in [5.74, 6) is 2.04. The van der Waals surface area contributed by atoms with Crippen LogP contribution in [0.15, 0.2) is 41.5 Å². The van der Waals surface area contributed by atoms with Crippen LogP contribution in [0.2, 0.25) is 0 Å². The van der Waals surface area contributed by atoms with Crippen molar-refractivity contribution in [1.29, 1.82) is 0 Å². The molecule has 1 N–H and O–H groups in total. The van der Waals surface area contributed by atoms with Crippen LogP contribution in [-0.2, 0) is 6.61 Å². The van der Waals surface area contributed by atoms with E-state index < -0.39 is 11.5 Å². The number of benzene rings is 1. The van der Waals surface area contributed by atoms with E-state index in [0.29, 0.717) is 34.2 Å². The summed E-state index contributed by atoms with van der Waals surface area (Å²) < 4.78 is 27.7. The number of nitrogens with zero attached hydrogens (tertiary/aromatic N) is 4. The average molecular weight is 472 g/mol. The summed E-state index contributed by atoms with van der Waals surface area (Å²) in [6, 6.07) is 6.69. The van der Waals surface area contributed by atoms with Crippen LogP contribution < -0.4 is 20.0 Å². The third-order valence-electron chi connectivity index (χ3n) is 5.61. The number of thioether (sulfide) groups is 1. The fraction of sp³-hybridized carbons (Fsp3) is 0.318. The van der Waals surface area contributed by atoms with E-state index in [0.717, 1.165) is 28.2 Å². The van der Waals surface area contributed by atoms with Crippen LogP contribution in [0.5, 0.6) is 11.5 Å². The second-order valence-corrected chi connectivity index (χ2v) is 8.70. The molecule has 0 saturated carbocycles. The van der Waals surface area contributed by atoms with Gasteiger partial charge in [-0.25, -0.2) is 14.2 Å². The second-order valence-electron chi connectivity index (χ2n) is 7.55. The molecule has 1 aromatic carbocycles. The van der Waals surface area contributed by atoms with Crippen molar-refractivity contribution < 1.29 is 18.7 Å². The van der Waals surface area contributed by atoms with E-state index in [1.165, 1.54) is 26.4 Å². The summed E-state index contributed by atoms with van der Waals surface area (Å²) in [5, 5.41) is 4.49. The van der Waals surface area contributed by atoms with Crippen molar-refractivity contribution in [3.63, 3.8) is 0 Å². The molecule has 0 amide bonds. The Labute approximate surface area is 192 Å². The Kier molecular flexibility index (Phi) is 5.71. The average Bonchev–Trinajstić information content (AvgIpc) is 3.57. The van der Waals surface area contributed by atoms with Crippen LogP contribution in [0.4, 0.5) is 4.39 Å². The van der Waals surface area contributed by atoms with E-state index in [4.69, 9.17) is 14.3 Å². The molecule has 5 rings (SSSR count). The van der Waals surface area contributed by atoms with Crippen molar-refractivity contribution in [2.24, 2.45) is 0 Å². The van der Waals surface area contributed by atoms with Gasteiger partial charge < -0.3 is 14.3 Å². The Hall–Kier alpha value is -3.47. The molecule has 4 aromatic rings. The predicted octanol–water partition coefficient (Wildman–Crippen LogP) is 3.05. The monoisotopic (exact) mass is 471 g/mol. The molecule has 4 heterocycles. The molecule has 0 aliphatic carbocycles. The van der Waals surface area contributed by atoms with Gasteiger partial charge in [0.15, 0.2) is 17.2 Å². The van der Waals surface area contributed by atoms with Gasteiger partial charge in [0.25, 0.3) is 0 Å². The number of rotatable bonds is 7. The first-order valence-corrected chi connectivity index (χ1v) is 11.5. The molecule has 1 aliphatic heterocycles.